The van der Waals surface area contributed by atoms with E-state index in [0.29, 0.717) is 11.1 Å². The fourth-order valence-corrected chi connectivity index (χ4v) is 1.87. The quantitative estimate of drug-likeness (QED) is 0.766. The van der Waals surface area contributed by atoms with Gasteiger partial charge in [0, 0.05) is 5.75 Å². The highest BCUT2D eigenvalue weighted by Crippen LogP contribution is 2.24. The van der Waals surface area contributed by atoms with Crippen LogP contribution in [0.25, 0.3) is 0 Å². The number of hydrogen-bond donors (Lipinski definition) is 1. The van der Waals surface area contributed by atoms with E-state index in [1.807, 2.05) is 13.8 Å². The van der Waals surface area contributed by atoms with E-state index in [1.54, 1.807) is 0 Å². The second kappa shape index (κ2) is 5.14. The first kappa shape index (κ1) is 12.0. The highest BCUT2D eigenvalue weighted by molar-refractivity contribution is 7.99. The minimum atomic E-state index is -0.302. The van der Waals surface area contributed by atoms with Crippen LogP contribution in [-0.4, -0.2) is 16.0 Å². The van der Waals surface area contributed by atoms with Crippen LogP contribution in [0.3, 0.4) is 0 Å². The minimum Gasteiger partial charge on any atom is -0.415 e. The largest absolute Gasteiger partial charge is 0.415 e. The van der Waals surface area contributed by atoms with Gasteiger partial charge in [0.15, 0.2) is 0 Å². The number of nitrogens with zero attached hydrogens (tertiary/aromatic N) is 3. The van der Waals surface area contributed by atoms with Gasteiger partial charge in [0.25, 0.3) is 5.22 Å². The van der Waals surface area contributed by atoms with Crippen LogP contribution < -0.4 is 5.73 Å². The maximum absolute atomic E-state index is 8.81. The summed E-state index contributed by atoms with van der Waals surface area (Å²) in [5.41, 5.74) is 5.03. The first-order chi connectivity index (χ1) is 7.07. The molecule has 0 amide bonds. The Morgan fingerprint density at radius 1 is 1.53 bits per heavy atom. The highest BCUT2D eigenvalue weighted by Gasteiger charge is 2.16. The molecule has 15 heavy (non-hydrogen) atoms. The van der Waals surface area contributed by atoms with Gasteiger partial charge >= 0.3 is 0 Å². The van der Waals surface area contributed by atoms with E-state index in [2.05, 4.69) is 16.3 Å². The van der Waals surface area contributed by atoms with Gasteiger partial charge in [-0.25, -0.2) is 0 Å². The van der Waals surface area contributed by atoms with Crippen molar-refractivity contribution in [1.29, 1.82) is 5.26 Å². The van der Waals surface area contributed by atoms with Crippen LogP contribution in [0.2, 0.25) is 0 Å². The Kier molecular flexibility index (Phi) is 4.12. The molecular formula is C9H14N4OS. The van der Waals surface area contributed by atoms with Crippen LogP contribution in [0, 0.1) is 16.7 Å². The standard InChI is InChI=1S/C9H14N4OS/c1-9(2,6-11)3-4-15-8-13-12-7(5-10)14-8/h3-5,10H2,1-2H3. The Morgan fingerprint density at radius 3 is 2.80 bits per heavy atom. The molecule has 5 nitrogen and oxygen atoms in total. The molecule has 0 bridgehead atoms. The van der Waals surface area contributed by atoms with Crippen molar-refractivity contribution in [1.82, 2.24) is 10.2 Å². The summed E-state index contributed by atoms with van der Waals surface area (Å²) in [6.45, 7) is 4.08. The normalized spacial score (nSPS) is 11.3. The molecule has 0 aliphatic heterocycles. The van der Waals surface area contributed by atoms with Gasteiger partial charge in [0.2, 0.25) is 5.89 Å². The van der Waals surface area contributed by atoms with Crippen molar-refractivity contribution < 1.29 is 4.42 Å². The minimum absolute atomic E-state index is 0.261. The zero-order valence-electron chi connectivity index (χ0n) is 8.86. The van der Waals surface area contributed by atoms with E-state index in [0.717, 1.165) is 12.2 Å². The molecule has 0 saturated carbocycles. The molecule has 0 aliphatic rings. The van der Waals surface area contributed by atoms with E-state index >= 15 is 0 Å². The maximum atomic E-state index is 8.81. The van der Waals surface area contributed by atoms with Crippen molar-refractivity contribution in [2.24, 2.45) is 11.1 Å². The summed E-state index contributed by atoms with van der Waals surface area (Å²) in [6.07, 6.45) is 0.786. The molecular weight excluding hydrogens is 212 g/mol. The predicted octanol–water partition coefficient (Wildman–Crippen LogP) is 1.56. The van der Waals surface area contributed by atoms with Gasteiger partial charge < -0.3 is 10.2 Å². The first-order valence-electron chi connectivity index (χ1n) is 4.64. The number of nitrogens with two attached hydrogens (primary N) is 1. The molecule has 0 unspecified atom stereocenters. The number of hydrogen-bond acceptors (Lipinski definition) is 6. The van der Waals surface area contributed by atoms with Crippen LogP contribution in [0.4, 0.5) is 0 Å². The molecule has 0 fully saturated rings. The molecule has 1 aromatic heterocycles. The highest BCUT2D eigenvalue weighted by atomic mass is 32.2. The van der Waals surface area contributed by atoms with E-state index in [4.69, 9.17) is 15.4 Å². The summed E-state index contributed by atoms with van der Waals surface area (Å²) in [4.78, 5) is 0. The van der Waals surface area contributed by atoms with Crippen molar-refractivity contribution >= 4 is 11.8 Å². The van der Waals surface area contributed by atoms with E-state index in [9.17, 15) is 0 Å². The SMILES string of the molecule is CC(C)(C#N)CCSc1nnc(CN)o1. The van der Waals surface area contributed by atoms with E-state index < -0.39 is 0 Å². The van der Waals surface area contributed by atoms with Crippen LogP contribution in [0.1, 0.15) is 26.2 Å². The molecule has 0 atom stereocenters. The van der Waals surface area contributed by atoms with Crippen LogP contribution in [0.5, 0.6) is 0 Å². The Labute approximate surface area is 93.0 Å². The van der Waals surface area contributed by atoms with Crippen molar-refractivity contribution in [3.63, 3.8) is 0 Å². The van der Waals surface area contributed by atoms with Crippen LogP contribution in [0.15, 0.2) is 9.64 Å². The van der Waals surface area contributed by atoms with Gasteiger partial charge in [-0.1, -0.05) is 11.8 Å². The Balaban J connectivity index is 2.35. The van der Waals surface area contributed by atoms with Crippen molar-refractivity contribution in [2.45, 2.75) is 32.0 Å². The molecule has 0 saturated heterocycles. The smallest absolute Gasteiger partial charge is 0.276 e. The zero-order valence-corrected chi connectivity index (χ0v) is 9.67. The number of aromatic nitrogens is 2. The Morgan fingerprint density at radius 2 is 2.27 bits per heavy atom. The lowest BCUT2D eigenvalue weighted by Gasteiger charge is -2.12. The second-order valence-corrected chi connectivity index (χ2v) is 4.81. The molecule has 6 heteroatoms. The van der Waals surface area contributed by atoms with Gasteiger partial charge in [-0.3, -0.25) is 0 Å². The molecule has 1 rings (SSSR count). The lowest BCUT2D eigenvalue weighted by Crippen LogP contribution is -2.08. The Bertz CT molecular complexity index is 355. The third-order valence-electron chi connectivity index (χ3n) is 1.88. The molecule has 0 radical (unpaired) electrons. The number of nitriles is 1. The number of rotatable bonds is 5. The van der Waals surface area contributed by atoms with Crippen molar-refractivity contribution in [3.8, 4) is 6.07 Å². The third kappa shape index (κ3) is 3.90. The van der Waals surface area contributed by atoms with Gasteiger partial charge in [0.1, 0.15) is 0 Å². The average Bonchev–Trinajstić information content (AvgIpc) is 2.66. The van der Waals surface area contributed by atoms with E-state index in [-0.39, 0.29) is 12.0 Å². The summed E-state index contributed by atoms with van der Waals surface area (Å²) >= 11 is 1.45. The molecule has 1 heterocycles. The summed E-state index contributed by atoms with van der Waals surface area (Å²) in [7, 11) is 0. The molecule has 0 spiro atoms. The summed E-state index contributed by atoms with van der Waals surface area (Å²) in [5, 5.41) is 16.9. The van der Waals surface area contributed by atoms with Crippen LogP contribution >= 0.6 is 11.8 Å². The third-order valence-corrected chi connectivity index (χ3v) is 2.70. The number of thioether (sulfide) groups is 1. The van der Waals surface area contributed by atoms with Gasteiger partial charge in [0.05, 0.1) is 18.0 Å². The fraction of sp³-hybridized carbons (Fsp3) is 0.667. The van der Waals surface area contributed by atoms with Crippen LogP contribution in [-0.2, 0) is 6.54 Å². The molecule has 2 N–H and O–H groups in total. The van der Waals surface area contributed by atoms with Gasteiger partial charge in [-0.15, -0.1) is 10.2 Å². The Hall–Kier alpha value is -1.06. The summed E-state index contributed by atoms with van der Waals surface area (Å²) in [5.74, 6) is 1.23. The molecule has 82 valence electrons. The maximum Gasteiger partial charge on any atom is 0.276 e. The second-order valence-electron chi connectivity index (χ2n) is 3.76. The fourth-order valence-electron chi connectivity index (χ4n) is 0.828. The predicted molar refractivity (Wildman–Crippen MR) is 56.9 cm³/mol. The molecule has 0 aliphatic carbocycles. The van der Waals surface area contributed by atoms with Crippen molar-refractivity contribution in [3.05, 3.63) is 5.89 Å². The zero-order chi connectivity index (χ0) is 11.3. The lowest BCUT2D eigenvalue weighted by molar-refractivity contribution is 0.413. The molecule has 1 aromatic rings. The lowest BCUT2D eigenvalue weighted by atomic mass is 9.93. The topological polar surface area (TPSA) is 88.7 Å². The van der Waals surface area contributed by atoms with E-state index in [1.165, 1.54) is 11.8 Å². The average molecular weight is 226 g/mol. The molecule has 0 aromatic carbocycles. The summed E-state index contributed by atoms with van der Waals surface area (Å²) in [6, 6.07) is 2.24. The van der Waals surface area contributed by atoms with Crippen molar-refractivity contribution in [2.75, 3.05) is 5.75 Å². The summed E-state index contributed by atoms with van der Waals surface area (Å²) < 4.78 is 5.21. The van der Waals surface area contributed by atoms with Gasteiger partial charge in [-0.2, -0.15) is 5.26 Å². The van der Waals surface area contributed by atoms with Gasteiger partial charge in [-0.05, 0) is 20.3 Å². The first-order valence-corrected chi connectivity index (χ1v) is 5.62. The monoisotopic (exact) mass is 226 g/mol.